The SMILES string of the molecule is CC/C=C\C/C=C\C/C=C\CCCCCCC(=O)OCC(COC(=O)CCCCCCCCCCCC/C=C\C=C/CCCCC)OC(=O)CCCCCCC\C=C/C=C\C=C/CCCCCCC. The monoisotopic (exact) mass is 959 g/mol. The summed E-state index contributed by atoms with van der Waals surface area (Å²) in [6, 6.07) is 0. The van der Waals surface area contributed by atoms with Crippen molar-refractivity contribution in [2.75, 3.05) is 13.2 Å². The van der Waals surface area contributed by atoms with E-state index in [0.717, 1.165) is 116 Å². The second-order valence-electron chi connectivity index (χ2n) is 18.9. The molecule has 0 N–H and O–H groups in total. The molecule has 0 aliphatic rings. The molecule has 6 nitrogen and oxygen atoms in total. The van der Waals surface area contributed by atoms with E-state index in [4.69, 9.17) is 14.2 Å². The Kier molecular flexibility index (Phi) is 53.9. The van der Waals surface area contributed by atoms with Crippen molar-refractivity contribution in [3.8, 4) is 0 Å². The van der Waals surface area contributed by atoms with Gasteiger partial charge >= 0.3 is 17.9 Å². The van der Waals surface area contributed by atoms with Crippen molar-refractivity contribution in [1.29, 1.82) is 0 Å². The number of esters is 3. The second-order valence-corrected chi connectivity index (χ2v) is 18.9. The van der Waals surface area contributed by atoms with E-state index in [9.17, 15) is 14.4 Å². The Labute approximate surface area is 426 Å². The highest BCUT2D eigenvalue weighted by Gasteiger charge is 2.19. The van der Waals surface area contributed by atoms with Gasteiger partial charge in [-0.1, -0.05) is 240 Å². The Morgan fingerprint density at radius 3 is 1.04 bits per heavy atom. The van der Waals surface area contributed by atoms with Gasteiger partial charge in [0.1, 0.15) is 13.2 Å². The molecule has 0 aliphatic carbocycles. The van der Waals surface area contributed by atoms with E-state index in [2.05, 4.69) is 118 Å². The Bertz CT molecular complexity index is 1380. The summed E-state index contributed by atoms with van der Waals surface area (Å²) in [5, 5.41) is 0. The highest BCUT2D eigenvalue weighted by atomic mass is 16.6. The predicted octanol–water partition coefficient (Wildman–Crippen LogP) is 19.3. The molecule has 0 aliphatic heterocycles. The van der Waals surface area contributed by atoms with Crippen LogP contribution in [0.2, 0.25) is 0 Å². The molecular weight excluding hydrogens is 853 g/mol. The fourth-order valence-electron chi connectivity index (χ4n) is 7.80. The van der Waals surface area contributed by atoms with E-state index < -0.39 is 6.10 Å². The van der Waals surface area contributed by atoms with Crippen molar-refractivity contribution in [1.82, 2.24) is 0 Å². The van der Waals surface area contributed by atoms with Crippen LogP contribution in [0.4, 0.5) is 0 Å². The number of hydrogen-bond acceptors (Lipinski definition) is 6. The summed E-state index contributed by atoms with van der Waals surface area (Å²) in [6.45, 7) is 6.45. The van der Waals surface area contributed by atoms with E-state index in [0.29, 0.717) is 19.3 Å². The molecule has 1 unspecified atom stereocenters. The topological polar surface area (TPSA) is 78.9 Å². The largest absolute Gasteiger partial charge is 0.462 e. The molecule has 0 saturated carbocycles. The predicted molar refractivity (Wildman–Crippen MR) is 297 cm³/mol. The van der Waals surface area contributed by atoms with Gasteiger partial charge in [0.05, 0.1) is 0 Å². The molecule has 0 saturated heterocycles. The standard InChI is InChI=1S/C63H106O6/c1-4-7-10-13-16-19-22-25-28-30-32-34-35-38-41-44-47-50-53-56-62(65)68-59-60(58-67-61(64)55-52-49-46-43-40-37-27-24-21-18-15-12-9-6-3)69-63(66)57-54-51-48-45-42-39-36-33-31-29-26-23-20-17-14-11-8-5-2/h9,12,16,18-19,21-23,25-27,29,31,33,36-37,60H,4-8,10-11,13-15,17,20,24,28,30,32,34-35,38-59H2,1-3H3/b12-9-,19-16-,21-18-,25-22-,26-23-,31-29-,36-33-,37-27-. The van der Waals surface area contributed by atoms with Gasteiger partial charge in [0.15, 0.2) is 6.10 Å². The fourth-order valence-corrected chi connectivity index (χ4v) is 7.80. The molecule has 0 aromatic heterocycles. The van der Waals surface area contributed by atoms with Gasteiger partial charge in [-0.2, -0.15) is 0 Å². The van der Waals surface area contributed by atoms with E-state index in [1.807, 2.05) is 0 Å². The van der Waals surface area contributed by atoms with Crippen molar-refractivity contribution >= 4 is 17.9 Å². The summed E-state index contributed by atoms with van der Waals surface area (Å²) in [4.78, 5) is 38.2. The molecule has 69 heavy (non-hydrogen) atoms. The van der Waals surface area contributed by atoms with Gasteiger partial charge in [-0.15, -0.1) is 0 Å². The summed E-state index contributed by atoms with van der Waals surface area (Å²) in [6.07, 6.45) is 75.3. The average Bonchev–Trinajstić information content (AvgIpc) is 3.35. The number of hydrogen-bond donors (Lipinski definition) is 0. The van der Waals surface area contributed by atoms with Crippen LogP contribution in [0.5, 0.6) is 0 Å². The maximum Gasteiger partial charge on any atom is 0.306 e. The third-order valence-electron chi connectivity index (χ3n) is 12.1. The zero-order valence-electron chi connectivity index (χ0n) is 45.0. The number of carbonyl (C=O) groups excluding carboxylic acids is 3. The number of rotatable bonds is 51. The first-order valence-corrected chi connectivity index (χ1v) is 28.8. The Balaban J connectivity index is 4.45. The quantitative estimate of drug-likeness (QED) is 0.0199. The lowest BCUT2D eigenvalue weighted by atomic mass is 10.1. The maximum atomic E-state index is 12.9. The van der Waals surface area contributed by atoms with Gasteiger partial charge in [-0.25, -0.2) is 0 Å². The molecule has 6 heteroatoms. The first-order chi connectivity index (χ1) is 34.0. The molecule has 0 bridgehead atoms. The summed E-state index contributed by atoms with van der Waals surface area (Å²) >= 11 is 0. The molecule has 0 aromatic rings. The minimum absolute atomic E-state index is 0.0956. The van der Waals surface area contributed by atoms with E-state index >= 15 is 0 Å². The van der Waals surface area contributed by atoms with Gasteiger partial charge in [0, 0.05) is 19.3 Å². The molecule has 1 atom stereocenters. The molecule has 0 rings (SSSR count). The van der Waals surface area contributed by atoms with Gasteiger partial charge in [0.25, 0.3) is 0 Å². The highest BCUT2D eigenvalue weighted by molar-refractivity contribution is 5.71. The average molecular weight is 960 g/mol. The van der Waals surface area contributed by atoms with Crippen LogP contribution in [0.3, 0.4) is 0 Å². The normalized spacial score (nSPS) is 12.8. The Hall–Kier alpha value is -3.67. The minimum Gasteiger partial charge on any atom is -0.462 e. The third-order valence-corrected chi connectivity index (χ3v) is 12.1. The Morgan fingerprint density at radius 2 is 0.623 bits per heavy atom. The van der Waals surface area contributed by atoms with E-state index in [-0.39, 0.29) is 31.1 Å². The third kappa shape index (κ3) is 55.1. The zero-order chi connectivity index (χ0) is 50.0. The fraction of sp³-hybridized carbons (Fsp3) is 0.698. The van der Waals surface area contributed by atoms with Crippen LogP contribution in [0.25, 0.3) is 0 Å². The van der Waals surface area contributed by atoms with E-state index in [1.165, 1.54) is 109 Å². The van der Waals surface area contributed by atoms with Crippen molar-refractivity contribution in [2.45, 2.75) is 271 Å². The number of allylic oxidation sites excluding steroid dienone is 16. The highest BCUT2D eigenvalue weighted by Crippen LogP contribution is 2.15. The number of ether oxygens (including phenoxy) is 3. The molecule has 0 spiro atoms. The summed E-state index contributed by atoms with van der Waals surface area (Å²) < 4.78 is 16.8. The van der Waals surface area contributed by atoms with Crippen LogP contribution in [0.15, 0.2) is 97.2 Å². The molecule has 0 aromatic carbocycles. The van der Waals surface area contributed by atoms with Crippen molar-refractivity contribution < 1.29 is 28.6 Å². The van der Waals surface area contributed by atoms with Gasteiger partial charge in [-0.05, 0) is 103 Å². The summed E-state index contributed by atoms with van der Waals surface area (Å²) in [7, 11) is 0. The first-order valence-electron chi connectivity index (χ1n) is 28.8. The van der Waals surface area contributed by atoms with Crippen LogP contribution in [0.1, 0.15) is 265 Å². The van der Waals surface area contributed by atoms with Crippen LogP contribution in [-0.2, 0) is 28.6 Å². The molecule has 0 amide bonds. The molecule has 0 radical (unpaired) electrons. The van der Waals surface area contributed by atoms with E-state index in [1.54, 1.807) is 0 Å². The van der Waals surface area contributed by atoms with Crippen LogP contribution in [-0.4, -0.2) is 37.2 Å². The van der Waals surface area contributed by atoms with Crippen molar-refractivity contribution in [3.05, 3.63) is 97.2 Å². The molecule has 394 valence electrons. The molecule has 0 fully saturated rings. The molecule has 0 heterocycles. The van der Waals surface area contributed by atoms with Crippen LogP contribution in [0, 0.1) is 0 Å². The first kappa shape index (κ1) is 65.3. The van der Waals surface area contributed by atoms with Gasteiger partial charge in [-0.3, -0.25) is 14.4 Å². The lowest BCUT2D eigenvalue weighted by Crippen LogP contribution is -2.30. The van der Waals surface area contributed by atoms with Crippen LogP contribution < -0.4 is 0 Å². The maximum absolute atomic E-state index is 12.9. The smallest absolute Gasteiger partial charge is 0.306 e. The van der Waals surface area contributed by atoms with Gasteiger partial charge in [0.2, 0.25) is 0 Å². The van der Waals surface area contributed by atoms with Gasteiger partial charge < -0.3 is 14.2 Å². The molecular formula is C63H106O6. The number of unbranched alkanes of at least 4 members (excludes halogenated alkanes) is 27. The van der Waals surface area contributed by atoms with Crippen LogP contribution >= 0.6 is 0 Å². The lowest BCUT2D eigenvalue weighted by molar-refractivity contribution is -0.167. The summed E-state index contributed by atoms with van der Waals surface area (Å²) in [5.41, 5.74) is 0. The summed E-state index contributed by atoms with van der Waals surface area (Å²) in [5.74, 6) is -0.939. The zero-order valence-corrected chi connectivity index (χ0v) is 45.0. The van der Waals surface area contributed by atoms with Crippen molar-refractivity contribution in [2.24, 2.45) is 0 Å². The number of carbonyl (C=O) groups is 3. The second kappa shape index (κ2) is 56.9. The Morgan fingerprint density at radius 1 is 0.319 bits per heavy atom. The lowest BCUT2D eigenvalue weighted by Gasteiger charge is -2.18. The minimum atomic E-state index is -0.801. The van der Waals surface area contributed by atoms with Crippen molar-refractivity contribution in [3.63, 3.8) is 0 Å².